The number of carbonyl (C=O) groups excluding carboxylic acids is 1. The van der Waals surface area contributed by atoms with Crippen molar-refractivity contribution in [2.24, 2.45) is 0 Å². The highest BCUT2D eigenvalue weighted by Gasteiger charge is 2.22. The van der Waals surface area contributed by atoms with E-state index in [-0.39, 0.29) is 11.9 Å². The van der Waals surface area contributed by atoms with Crippen LogP contribution in [0.3, 0.4) is 0 Å². The summed E-state index contributed by atoms with van der Waals surface area (Å²) in [7, 11) is 3.28. The van der Waals surface area contributed by atoms with Crippen LogP contribution < -0.4 is 25.0 Å². The number of aromatic nitrogens is 2. The highest BCUT2D eigenvalue weighted by Crippen LogP contribution is 2.27. The summed E-state index contributed by atoms with van der Waals surface area (Å²) in [6, 6.07) is 17.3. The van der Waals surface area contributed by atoms with Gasteiger partial charge in [0.25, 0.3) is 0 Å². The number of ether oxygens (including phenoxy) is 2. The number of carbonyl (C=O) groups is 1. The minimum absolute atomic E-state index is 0.0397. The topological polar surface area (TPSA) is 88.6 Å². The first kappa shape index (κ1) is 22.4. The first-order valence-corrected chi connectivity index (χ1v) is 11.0. The van der Waals surface area contributed by atoms with E-state index in [9.17, 15) is 4.79 Å². The van der Waals surface area contributed by atoms with Gasteiger partial charge in [0.05, 0.1) is 26.3 Å². The molecule has 1 aliphatic heterocycles. The fraction of sp³-hybridized carbons (Fsp3) is 0.320. The Bertz CT molecular complexity index is 1070. The molecule has 33 heavy (non-hydrogen) atoms. The Labute approximate surface area is 194 Å². The Morgan fingerprint density at radius 1 is 1.03 bits per heavy atom. The van der Waals surface area contributed by atoms with Crippen LogP contribution in [-0.4, -0.2) is 49.2 Å². The maximum atomic E-state index is 12.5. The van der Waals surface area contributed by atoms with Gasteiger partial charge in [-0.3, -0.25) is 4.79 Å². The third-order valence-electron chi connectivity index (χ3n) is 5.68. The molecular formula is C25H29N5O3. The first-order chi connectivity index (χ1) is 16.1. The smallest absolute Gasteiger partial charge is 0.227 e. The molecule has 1 aliphatic rings. The summed E-state index contributed by atoms with van der Waals surface area (Å²) in [5.41, 5.74) is 1.82. The van der Waals surface area contributed by atoms with Crippen molar-refractivity contribution in [1.82, 2.24) is 15.3 Å². The van der Waals surface area contributed by atoms with E-state index < -0.39 is 0 Å². The van der Waals surface area contributed by atoms with Gasteiger partial charge < -0.3 is 25.0 Å². The number of piperidine rings is 1. The zero-order chi connectivity index (χ0) is 23.0. The number of anilines is 3. The van der Waals surface area contributed by atoms with Crippen LogP contribution in [0.1, 0.15) is 18.4 Å². The molecule has 2 aromatic carbocycles. The van der Waals surface area contributed by atoms with E-state index in [1.165, 1.54) is 0 Å². The Hall–Kier alpha value is -3.81. The van der Waals surface area contributed by atoms with Crippen molar-refractivity contribution >= 4 is 23.4 Å². The van der Waals surface area contributed by atoms with Crippen LogP contribution in [0, 0.1) is 0 Å². The predicted octanol–water partition coefficient (Wildman–Crippen LogP) is 3.57. The predicted molar refractivity (Wildman–Crippen MR) is 128 cm³/mol. The summed E-state index contributed by atoms with van der Waals surface area (Å²) in [4.78, 5) is 23.7. The molecule has 2 N–H and O–H groups in total. The number of methoxy groups -OCH3 is 2. The van der Waals surface area contributed by atoms with Crippen molar-refractivity contribution in [2.45, 2.75) is 25.3 Å². The maximum Gasteiger partial charge on any atom is 0.227 e. The van der Waals surface area contributed by atoms with Crippen LogP contribution >= 0.6 is 0 Å². The summed E-state index contributed by atoms with van der Waals surface area (Å²) < 4.78 is 10.6. The molecule has 0 bridgehead atoms. The quantitative estimate of drug-likeness (QED) is 0.546. The number of nitrogens with zero attached hydrogens (tertiary/aromatic N) is 3. The summed E-state index contributed by atoms with van der Waals surface area (Å²) >= 11 is 0. The van der Waals surface area contributed by atoms with Crippen LogP contribution in [0.5, 0.6) is 11.5 Å². The van der Waals surface area contributed by atoms with Crippen LogP contribution in [0.4, 0.5) is 17.5 Å². The molecule has 0 radical (unpaired) electrons. The minimum Gasteiger partial charge on any atom is -0.497 e. The van der Waals surface area contributed by atoms with E-state index in [1.54, 1.807) is 20.4 Å². The summed E-state index contributed by atoms with van der Waals surface area (Å²) in [5, 5.41) is 6.46. The highest BCUT2D eigenvalue weighted by molar-refractivity contribution is 5.79. The molecule has 4 rings (SSSR count). The Morgan fingerprint density at radius 3 is 2.52 bits per heavy atom. The van der Waals surface area contributed by atoms with Gasteiger partial charge in [0, 0.05) is 25.3 Å². The second kappa shape index (κ2) is 10.7. The first-order valence-electron chi connectivity index (χ1n) is 11.0. The molecule has 2 heterocycles. The fourth-order valence-electron chi connectivity index (χ4n) is 3.89. The third kappa shape index (κ3) is 5.91. The Kier molecular flexibility index (Phi) is 7.24. The number of para-hydroxylation sites is 2. The zero-order valence-electron chi connectivity index (χ0n) is 19.0. The molecule has 0 saturated carbocycles. The van der Waals surface area contributed by atoms with E-state index in [0.29, 0.717) is 18.2 Å². The molecular weight excluding hydrogens is 418 g/mol. The minimum atomic E-state index is 0.0397. The molecule has 1 aromatic heterocycles. The summed E-state index contributed by atoms with van der Waals surface area (Å²) in [5.74, 6) is 2.97. The third-order valence-corrected chi connectivity index (χ3v) is 5.68. The van der Waals surface area contributed by atoms with Crippen molar-refractivity contribution in [3.05, 3.63) is 66.4 Å². The number of hydrogen-bond donors (Lipinski definition) is 2. The number of benzene rings is 2. The van der Waals surface area contributed by atoms with E-state index in [0.717, 1.165) is 48.7 Å². The molecule has 1 fully saturated rings. The average Bonchev–Trinajstić information content (AvgIpc) is 2.85. The van der Waals surface area contributed by atoms with Gasteiger partial charge in [0.15, 0.2) is 0 Å². The molecule has 3 aromatic rings. The maximum absolute atomic E-state index is 12.5. The SMILES string of the molecule is COc1ccc(CC(=O)NC2CCN(c3nccc(Nc4ccccc4OC)n3)CC2)cc1. The lowest BCUT2D eigenvalue weighted by Gasteiger charge is -2.32. The molecule has 0 aliphatic carbocycles. The molecule has 0 spiro atoms. The molecule has 172 valence electrons. The lowest BCUT2D eigenvalue weighted by atomic mass is 10.0. The van der Waals surface area contributed by atoms with Crippen LogP contribution in [0.25, 0.3) is 0 Å². The van der Waals surface area contributed by atoms with Crippen LogP contribution in [0.15, 0.2) is 60.8 Å². The second-order valence-corrected chi connectivity index (χ2v) is 7.92. The Balaban J connectivity index is 1.29. The molecule has 0 atom stereocenters. The number of hydrogen-bond acceptors (Lipinski definition) is 7. The normalized spacial score (nSPS) is 13.9. The Morgan fingerprint density at radius 2 is 1.79 bits per heavy atom. The number of nitrogens with one attached hydrogen (secondary N) is 2. The van der Waals surface area contributed by atoms with Gasteiger partial charge in [0.2, 0.25) is 11.9 Å². The molecule has 8 heteroatoms. The standard InChI is InChI=1S/C25H29N5O3/c1-32-20-9-7-18(8-10-20)17-24(31)27-19-12-15-30(16-13-19)25-26-14-11-23(29-25)28-21-5-3-4-6-22(21)33-2/h3-11,14,19H,12-13,15-17H2,1-2H3,(H,27,31)(H,26,28,29). The monoisotopic (exact) mass is 447 g/mol. The van der Waals surface area contributed by atoms with Crippen LogP contribution in [-0.2, 0) is 11.2 Å². The van der Waals surface area contributed by atoms with Gasteiger partial charge in [-0.25, -0.2) is 4.98 Å². The van der Waals surface area contributed by atoms with Gasteiger partial charge in [-0.2, -0.15) is 4.98 Å². The molecule has 1 amide bonds. The van der Waals surface area contributed by atoms with Gasteiger partial charge in [0.1, 0.15) is 17.3 Å². The summed E-state index contributed by atoms with van der Waals surface area (Å²) in [6.45, 7) is 1.57. The van der Waals surface area contributed by atoms with Gasteiger partial charge in [-0.15, -0.1) is 0 Å². The second-order valence-electron chi connectivity index (χ2n) is 7.92. The van der Waals surface area contributed by atoms with Crippen LogP contribution in [0.2, 0.25) is 0 Å². The van der Waals surface area contributed by atoms with Crippen molar-refractivity contribution in [3.8, 4) is 11.5 Å². The van der Waals surface area contributed by atoms with Gasteiger partial charge in [-0.1, -0.05) is 24.3 Å². The zero-order valence-corrected chi connectivity index (χ0v) is 19.0. The largest absolute Gasteiger partial charge is 0.497 e. The molecule has 8 nitrogen and oxygen atoms in total. The lowest BCUT2D eigenvalue weighted by Crippen LogP contribution is -2.45. The van der Waals surface area contributed by atoms with E-state index in [4.69, 9.17) is 9.47 Å². The van der Waals surface area contributed by atoms with E-state index in [2.05, 4.69) is 25.5 Å². The lowest BCUT2D eigenvalue weighted by molar-refractivity contribution is -0.121. The van der Waals surface area contributed by atoms with E-state index in [1.807, 2.05) is 54.6 Å². The summed E-state index contributed by atoms with van der Waals surface area (Å²) in [6.07, 6.45) is 3.82. The van der Waals surface area contributed by atoms with Crippen molar-refractivity contribution in [1.29, 1.82) is 0 Å². The van der Waals surface area contributed by atoms with Crippen molar-refractivity contribution < 1.29 is 14.3 Å². The van der Waals surface area contributed by atoms with Crippen molar-refractivity contribution in [3.63, 3.8) is 0 Å². The van der Waals surface area contributed by atoms with E-state index >= 15 is 0 Å². The highest BCUT2D eigenvalue weighted by atomic mass is 16.5. The molecule has 0 unspecified atom stereocenters. The fourth-order valence-corrected chi connectivity index (χ4v) is 3.89. The average molecular weight is 448 g/mol. The van der Waals surface area contributed by atoms with Gasteiger partial charge >= 0.3 is 0 Å². The van der Waals surface area contributed by atoms with Gasteiger partial charge in [-0.05, 0) is 48.7 Å². The molecule has 1 saturated heterocycles. The number of amides is 1. The number of rotatable bonds is 8. The van der Waals surface area contributed by atoms with Crippen molar-refractivity contribution in [2.75, 3.05) is 37.5 Å².